The second-order valence-electron chi connectivity index (χ2n) is 4.03. The molecule has 1 aromatic rings. The van der Waals surface area contributed by atoms with Crippen LogP contribution in [-0.2, 0) is 10.3 Å². The molecule has 1 atom stereocenters. The van der Waals surface area contributed by atoms with E-state index in [4.69, 9.17) is 4.74 Å². The fourth-order valence-electron chi connectivity index (χ4n) is 1.69. The zero-order valence-corrected chi connectivity index (χ0v) is 8.34. The van der Waals surface area contributed by atoms with Crippen molar-refractivity contribution in [1.29, 1.82) is 0 Å². The van der Waals surface area contributed by atoms with Crippen molar-refractivity contribution in [2.24, 2.45) is 0 Å². The first kappa shape index (κ1) is 10.5. The molecule has 0 amide bonds. The molecule has 15 heavy (non-hydrogen) atoms. The highest BCUT2D eigenvalue weighted by molar-refractivity contribution is 6.73. The molecular weight excluding hydrogens is 204 g/mol. The van der Waals surface area contributed by atoms with Gasteiger partial charge in [0.05, 0.1) is 12.2 Å². The van der Waals surface area contributed by atoms with E-state index in [1.54, 1.807) is 0 Å². The van der Waals surface area contributed by atoms with Crippen LogP contribution in [0.5, 0.6) is 0 Å². The molecule has 1 fully saturated rings. The van der Waals surface area contributed by atoms with Crippen LogP contribution in [0, 0.1) is 0 Å². The lowest BCUT2D eigenvalue weighted by molar-refractivity contribution is -0.140. The Morgan fingerprint density at radius 2 is 1.73 bits per heavy atom. The van der Waals surface area contributed by atoms with Gasteiger partial charge in [0.15, 0.2) is 0 Å². The van der Waals surface area contributed by atoms with Crippen molar-refractivity contribution in [3.63, 3.8) is 0 Å². The first-order valence-corrected chi connectivity index (χ1v) is 4.86. The Labute approximate surface area is 86.3 Å². The molecule has 2 rings (SSSR count). The van der Waals surface area contributed by atoms with Crippen molar-refractivity contribution in [3.8, 4) is 0 Å². The molecule has 0 saturated carbocycles. The minimum absolute atomic E-state index is 0.378. The van der Waals surface area contributed by atoms with Crippen molar-refractivity contribution in [1.82, 2.24) is 0 Å². The first-order valence-electron chi connectivity index (χ1n) is 4.86. The Hall–Kier alpha value is -0.965. The van der Waals surface area contributed by atoms with Gasteiger partial charge in [-0.1, -0.05) is 24.3 Å². The molecule has 0 aromatic heterocycles. The highest BCUT2D eigenvalue weighted by Crippen LogP contribution is 2.36. The molecule has 0 spiro atoms. The van der Waals surface area contributed by atoms with Gasteiger partial charge in [-0.15, -0.1) is 5.46 Å². The maximum absolute atomic E-state index is 12.3. The number of ether oxygens (including phenoxy) is 1. The SMILES string of the molecule is CC1(c2ccc([B-](F)(F)F)cc2)CCO1. The van der Waals surface area contributed by atoms with Crippen molar-refractivity contribution in [3.05, 3.63) is 29.8 Å². The molecule has 1 aromatic carbocycles. The molecule has 5 heteroatoms. The van der Waals surface area contributed by atoms with Gasteiger partial charge in [0, 0.05) is 6.42 Å². The van der Waals surface area contributed by atoms with Crippen molar-refractivity contribution >= 4 is 12.4 Å². The third kappa shape index (κ3) is 1.88. The third-order valence-corrected chi connectivity index (χ3v) is 2.90. The van der Waals surface area contributed by atoms with E-state index >= 15 is 0 Å². The van der Waals surface area contributed by atoms with Crippen LogP contribution in [-0.4, -0.2) is 13.6 Å². The lowest BCUT2D eigenvalue weighted by atomic mass is 9.78. The number of halogens is 3. The minimum atomic E-state index is -4.89. The molecule has 0 N–H and O–H groups in total. The smallest absolute Gasteiger partial charge is 0.445 e. The van der Waals surface area contributed by atoms with E-state index in [9.17, 15) is 12.9 Å². The van der Waals surface area contributed by atoms with Crippen LogP contribution in [0.15, 0.2) is 24.3 Å². The van der Waals surface area contributed by atoms with E-state index in [0.29, 0.717) is 6.61 Å². The van der Waals surface area contributed by atoms with Gasteiger partial charge in [0.1, 0.15) is 0 Å². The Kier molecular flexibility index (Phi) is 2.30. The first-order chi connectivity index (χ1) is 6.92. The highest BCUT2D eigenvalue weighted by atomic mass is 19.4. The second kappa shape index (κ2) is 3.27. The summed E-state index contributed by atoms with van der Waals surface area (Å²) < 4.78 is 42.4. The normalized spacial score (nSPS) is 26.1. The fraction of sp³-hybridized carbons (Fsp3) is 0.400. The van der Waals surface area contributed by atoms with Crippen LogP contribution in [0.25, 0.3) is 0 Å². The maximum atomic E-state index is 12.3. The maximum Gasteiger partial charge on any atom is 0.509 e. The van der Waals surface area contributed by atoms with Gasteiger partial charge in [-0.2, -0.15) is 0 Å². The predicted octanol–water partition coefficient (Wildman–Crippen LogP) is 2.38. The minimum Gasteiger partial charge on any atom is -0.445 e. The van der Waals surface area contributed by atoms with Crippen LogP contribution in [0.4, 0.5) is 12.9 Å². The average Bonchev–Trinajstić information content (AvgIpc) is 2.13. The van der Waals surface area contributed by atoms with Gasteiger partial charge in [0.2, 0.25) is 0 Å². The average molecular weight is 215 g/mol. The third-order valence-electron chi connectivity index (χ3n) is 2.90. The Bertz CT molecular complexity index is 354. The summed E-state index contributed by atoms with van der Waals surface area (Å²) in [4.78, 5) is 0. The molecule has 1 heterocycles. The van der Waals surface area contributed by atoms with Gasteiger partial charge in [-0.3, -0.25) is 0 Å². The number of benzene rings is 1. The fourth-order valence-corrected chi connectivity index (χ4v) is 1.69. The van der Waals surface area contributed by atoms with Crippen molar-refractivity contribution in [2.75, 3.05) is 6.61 Å². The summed E-state index contributed by atoms with van der Waals surface area (Å²) in [5.41, 5.74) is -0.115. The van der Waals surface area contributed by atoms with Gasteiger partial charge in [-0.25, -0.2) is 0 Å². The Morgan fingerprint density at radius 1 is 1.20 bits per heavy atom. The summed E-state index contributed by atoms with van der Waals surface area (Å²) >= 11 is 0. The largest absolute Gasteiger partial charge is 0.509 e. The summed E-state index contributed by atoms with van der Waals surface area (Å²) in [5.74, 6) is 0. The summed E-state index contributed by atoms with van der Waals surface area (Å²) in [5, 5.41) is 0. The van der Waals surface area contributed by atoms with Crippen LogP contribution in [0.2, 0.25) is 0 Å². The summed E-state index contributed by atoms with van der Waals surface area (Å²) in [7, 11) is 0. The quantitative estimate of drug-likeness (QED) is 0.688. The van der Waals surface area contributed by atoms with E-state index < -0.39 is 12.4 Å². The monoisotopic (exact) mass is 215 g/mol. The Balaban J connectivity index is 2.24. The van der Waals surface area contributed by atoms with Crippen LogP contribution >= 0.6 is 0 Å². The molecular formula is C10H11BF3O-. The van der Waals surface area contributed by atoms with E-state index in [-0.39, 0.29) is 5.60 Å². The van der Waals surface area contributed by atoms with Crippen LogP contribution in [0.3, 0.4) is 0 Å². The zero-order chi connectivity index (χ0) is 11.1. The molecule has 1 unspecified atom stereocenters. The molecule has 0 aliphatic carbocycles. The summed E-state index contributed by atoms with van der Waals surface area (Å²) in [6.07, 6.45) is 0.865. The molecule has 82 valence electrons. The lowest BCUT2D eigenvalue weighted by Crippen LogP contribution is -2.39. The Morgan fingerprint density at radius 3 is 2.07 bits per heavy atom. The number of rotatable bonds is 2. The lowest BCUT2D eigenvalue weighted by Gasteiger charge is -2.39. The molecule has 1 aliphatic rings. The van der Waals surface area contributed by atoms with Gasteiger partial charge < -0.3 is 17.7 Å². The van der Waals surface area contributed by atoms with Crippen LogP contribution in [0.1, 0.15) is 18.9 Å². The van der Waals surface area contributed by atoms with Gasteiger partial charge in [0.25, 0.3) is 0 Å². The summed E-state index contributed by atoms with van der Waals surface area (Å²) in [6.45, 7) is -2.31. The zero-order valence-electron chi connectivity index (χ0n) is 8.34. The molecule has 1 saturated heterocycles. The van der Waals surface area contributed by atoms with E-state index in [1.165, 1.54) is 12.1 Å². The molecule has 0 radical (unpaired) electrons. The predicted molar refractivity (Wildman–Crippen MR) is 53.1 cm³/mol. The molecule has 1 aliphatic heterocycles. The van der Waals surface area contributed by atoms with E-state index in [0.717, 1.165) is 24.1 Å². The van der Waals surface area contributed by atoms with Crippen molar-refractivity contribution in [2.45, 2.75) is 18.9 Å². The highest BCUT2D eigenvalue weighted by Gasteiger charge is 2.35. The van der Waals surface area contributed by atoms with Crippen molar-refractivity contribution < 1.29 is 17.7 Å². The topological polar surface area (TPSA) is 9.23 Å². The number of hydrogen-bond donors (Lipinski definition) is 0. The molecule has 0 bridgehead atoms. The van der Waals surface area contributed by atoms with E-state index in [1.807, 2.05) is 6.92 Å². The summed E-state index contributed by atoms with van der Waals surface area (Å²) in [6, 6.07) is 5.26. The standard InChI is InChI=1S/C10H11BF3O/c1-10(6-7-15-10)8-2-4-9(5-3-8)11(12,13)14/h2-5H,6-7H2,1H3/q-1. The van der Waals surface area contributed by atoms with E-state index in [2.05, 4.69) is 0 Å². The van der Waals surface area contributed by atoms with Gasteiger partial charge in [-0.05, 0) is 12.5 Å². The molecule has 1 nitrogen and oxygen atoms in total. The van der Waals surface area contributed by atoms with Crippen LogP contribution < -0.4 is 5.46 Å². The van der Waals surface area contributed by atoms with Gasteiger partial charge >= 0.3 is 6.98 Å². The second-order valence-corrected chi connectivity index (χ2v) is 4.03. The number of hydrogen-bond acceptors (Lipinski definition) is 1.